The molecule has 2 rings (SSSR count). The van der Waals surface area contributed by atoms with Crippen molar-refractivity contribution in [3.8, 4) is 0 Å². The number of amides is 1. The number of nitrogens with zero attached hydrogens (tertiary/aromatic N) is 3. The lowest BCUT2D eigenvalue weighted by molar-refractivity contribution is 0.0933. The molecule has 0 aliphatic carbocycles. The van der Waals surface area contributed by atoms with Crippen LogP contribution in [0.3, 0.4) is 0 Å². The number of hydrogen-bond donors (Lipinski definition) is 1. The smallest absolute Gasteiger partial charge is 0.332 e. The first-order valence-electron chi connectivity index (χ1n) is 8.24. The quantitative estimate of drug-likeness (QED) is 0.809. The predicted molar refractivity (Wildman–Crippen MR) is 93.3 cm³/mol. The lowest BCUT2D eigenvalue weighted by Crippen LogP contribution is -2.38. The van der Waals surface area contributed by atoms with Crippen LogP contribution in [0.5, 0.6) is 0 Å². The summed E-state index contributed by atoms with van der Waals surface area (Å²) in [5, 5.41) is 3.22. The SMILES string of the molecule is CCCCCC(C)NC(=O)c1ccc2c(=O)n(C)c(=O)n(C)c2n1. The van der Waals surface area contributed by atoms with E-state index < -0.39 is 11.2 Å². The zero-order valence-corrected chi connectivity index (χ0v) is 14.6. The van der Waals surface area contributed by atoms with Gasteiger partial charge in [-0.25, -0.2) is 9.78 Å². The molecular weight excluding hydrogens is 308 g/mol. The van der Waals surface area contributed by atoms with E-state index in [0.717, 1.165) is 30.3 Å². The second-order valence-corrected chi connectivity index (χ2v) is 6.14. The number of carbonyl (C=O) groups is 1. The molecule has 0 fully saturated rings. The number of nitrogens with one attached hydrogen (secondary N) is 1. The van der Waals surface area contributed by atoms with E-state index in [1.54, 1.807) is 6.07 Å². The van der Waals surface area contributed by atoms with Crippen molar-refractivity contribution in [2.75, 3.05) is 0 Å². The molecule has 7 nitrogen and oxygen atoms in total. The molecule has 2 aromatic rings. The summed E-state index contributed by atoms with van der Waals surface area (Å²) in [6.07, 6.45) is 4.25. The summed E-state index contributed by atoms with van der Waals surface area (Å²) in [7, 11) is 2.95. The summed E-state index contributed by atoms with van der Waals surface area (Å²) in [5.74, 6) is -0.297. The first kappa shape index (κ1) is 17.9. The second-order valence-electron chi connectivity index (χ2n) is 6.14. The Kier molecular flexibility index (Phi) is 5.54. The molecule has 2 heterocycles. The van der Waals surface area contributed by atoms with E-state index in [9.17, 15) is 14.4 Å². The highest BCUT2D eigenvalue weighted by Gasteiger charge is 2.15. The number of rotatable bonds is 6. The standard InChI is InChI=1S/C17H24N4O3/c1-5-6-7-8-11(2)18-15(22)13-10-9-12-14(19-13)20(3)17(24)21(4)16(12)23/h9-11H,5-8H2,1-4H3,(H,18,22). The Morgan fingerprint density at radius 1 is 1.21 bits per heavy atom. The summed E-state index contributed by atoms with van der Waals surface area (Å²) < 4.78 is 2.30. The van der Waals surface area contributed by atoms with E-state index >= 15 is 0 Å². The van der Waals surface area contributed by atoms with E-state index in [-0.39, 0.29) is 23.3 Å². The third-order valence-electron chi connectivity index (χ3n) is 4.15. The lowest BCUT2D eigenvalue weighted by atomic mass is 10.1. The number of hydrogen-bond acceptors (Lipinski definition) is 4. The number of pyridine rings is 1. The Morgan fingerprint density at radius 3 is 2.58 bits per heavy atom. The van der Waals surface area contributed by atoms with Gasteiger partial charge in [-0.2, -0.15) is 0 Å². The van der Waals surface area contributed by atoms with Crippen molar-refractivity contribution < 1.29 is 4.79 Å². The summed E-state index contributed by atoms with van der Waals surface area (Å²) >= 11 is 0. The largest absolute Gasteiger partial charge is 0.348 e. The Labute approximate surface area is 140 Å². The molecule has 1 unspecified atom stereocenters. The Hall–Kier alpha value is -2.44. The number of aryl methyl sites for hydroxylation is 1. The molecule has 0 saturated carbocycles. The van der Waals surface area contributed by atoms with Crippen LogP contribution >= 0.6 is 0 Å². The molecule has 0 bridgehead atoms. The van der Waals surface area contributed by atoms with Crippen LogP contribution in [0.25, 0.3) is 11.0 Å². The zero-order chi connectivity index (χ0) is 17.9. The van der Waals surface area contributed by atoms with Gasteiger partial charge in [-0.1, -0.05) is 26.2 Å². The van der Waals surface area contributed by atoms with E-state index in [1.165, 1.54) is 24.7 Å². The van der Waals surface area contributed by atoms with Crippen LogP contribution in [0.1, 0.15) is 50.0 Å². The molecule has 0 saturated heterocycles. The Bertz CT molecular complexity index is 866. The molecule has 1 amide bonds. The number of unbranched alkanes of at least 4 members (excludes halogenated alkanes) is 2. The normalized spacial score (nSPS) is 12.3. The van der Waals surface area contributed by atoms with Gasteiger partial charge in [0.25, 0.3) is 11.5 Å². The minimum absolute atomic E-state index is 0.0500. The van der Waals surface area contributed by atoms with Crippen molar-refractivity contribution in [3.63, 3.8) is 0 Å². The van der Waals surface area contributed by atoms with E-state index in [0.29, 0.717) is 5.39 Å². The number of aromatic nitrogens is 3. The average molecular weight is 332 g/mol. The van der Waals surface area contributed by atoms with Crippen LogP contribution in [0, 0.1) is 0 Å². The molecule has 1 N–H and O–H groups in total. The van der Waals surface area contributed by atoms with Gasteiger partial charge in [-0.15, -0.1) is 0 Å². The molecule has 0 aliphatic rings. The summed E-state index contributed by atoms with van der Waals surface area (Å²) in [6, 6.07) is 3.11. The van der Waals surface area contributed by atoms with E-state index in [2.05, 4.69) is 17.2 Å². The highest BCUT2D eigenvalue weighted by atomic mass is 16.2. The maximum atomic E-state index is 12.3. The van der Waals surface area contributed by atoms with Gasteiger partial charge in [0.15, 0.2) is 0 Å². The Balaban J connectivity index is 2.29. The monoisotopic (exact) mass is 332 g/mol. The molecule has 130 valence electrons. The van der Waals surface area contributed by atoms with Crippen LogP contribution in [-0.4, -0.2) is 26.1 Å². The first-order valence-corrected chi connectivity index (χ1v) is 8.24. The molecule has 0 aliphatic heterocycles. The van der Waals surface area contributed by atoms with E-state index in [4.69, 9.17) is 0 Å². The topological polar surface area (TPSA) is 86.0 Å². The van der Waals surface area contributed by atoms with Crippen molar-refractivity contribution in [1.29, 1.82) is 0 Å². The summed E-state index contributed by atoms with van der Waals surface area (Å²) in [5.41, 5.74) is -0.464. The maximum Gasteiger partial charge on any atom is 0.332 e. The maximum absolute atomic E-state index is 12.3. The lowest BCUT2D eigenvalue weighted by Gasteiger charge is -2.14. The molecular formula is C17H24N4O3. The van der Waals surface area contributed by atoms with Gasteiger partial charge in [-0.05, 0) is 25.5 Å². The van der Waals surface area contributed by atoms with Gasteiger partial charge >= 0.3 is 5.69 Å². The highest BCUT2D eigenvalue weighted by molar-refractivity contribution is 5.94. The molecule has 0 radical (unpaired) electrons. The molecule has 0 aromatic carbocycles. The van der Waals surface area contributed by atoms with Gasteiger partial charge in [-0.3, -0.25) is 18.7 Å². The van der Waals surface area contributed by atoms with Crippen molar-refractivity contribution in [2.45, 2.75) is 45.6 Å². The van der Waals surface area contributed by atoms with Crippen LogP contribution in [0.15, 0.2) is 21.7 Å². The van der Waals surface area contributed by atoms with Crippen LogP contribution in [0.4, 0.5) is 0 Å². The van der Waals surface area contributed by atoms with Gasteiger partial charge in [0, 0.05) is 20.1 Å². The van der Waals surface area contributed by atoms with Crippen molar-refractivity contribution in [1.82, 2.24) is 19.4 Å². The van der Waals surface area contributed by atoms with Crippen molar-refractivity contribution in [2.24, 2.45) is 14.1 Å². The molecule has 0 spiro atoms. The van der Waals surface area contributed by atoms with Gasteiger partial charge in [0.1, 0.15) is 11.3 Å². The number of carbonyl (C=O) groups excluding carboxylic acids is 1. The van der Waals surface area contributed by atoms with Crippen molar-refractivity contribution >= 4 is 16.9 Å². The summed E-state index contributed by atoms with van der Waals surface area (Å²) in [4.78, 5) is 40.7. The molecule has 24 heavy (non-hydrogen) atoms. The minimum Gasteiger partial charge on any atom is -0.348 e. The molecule has 2 aromatic heterocycles. The minimum atomic E-state index is -0.467. The fourth-order valence-corrected chi connectivity index (χ4v) is 2.65. The third-order valence-corrected chi connectivity index (χ3v) is 4.15. The second kappa shape index (κ2) is 7.42. The van der Waals surface area contributed by atoms with Gasteiger partial charge < -0.3 is 5.32 Å². The highest BCUT2D eigenvalue weighted by Crippen LogP contribution is 2.08. The summed E-state index contributed by atoms with van der Waals surface area (Å²) in [6.45, 7) is 4.09. The van der Waals surface area contributed by atoms with Gasteiger partial charge in [0.05, 0.1) is 5.39 Å². The Morgan fingerprint density at radius 2 is 1.92 bits per heavy atom. The average Bonchev–Trinajstić information content (AvgIpc) is 2.57. The van der Waals surface area contributed by atoms with Crippen LogP contribution < -0.4 is 16.6 Å². The number of fused-ring (bicyclic) bond motifs is 1. The fraction of sp³-hybridized carbons (Fsp3) is 0.529. The van der Waals surface area contributed by atoms with Crippen molar-refractivity contribution in [3.05, 3.63) is 38.7 Å². The first-order chi connectivity index (χ1) is 11.4. The predicted octanol–water partition coefficient (Wildman–Crippen LogP) is 1.33. The molecule has 7 heteroatoms. The zero-order valence-electron chi connectivity index (χ0n) is 14.6. The fourth-order valence-electron chi connectivity index (χ4n) is 2.65. The molecule has 1 atom stereocenters. The van der Waals surface area contributed by atoms with E-state index in [1.807, 2.05) is 6.92 Å². The van der Waals surface area contributed by atoms with Gasteiger partial charge in [0.2, 0.25) is 0 Å². The van der Waals surface area contributed by atoms with Crippen LogP contribution in [0.2, 0.25) is 0 Å². The third kappa shape index (κ3) is 3.55. The van der Waals surface area contributed by atoms with Crippen LogP contribution in [-0.2, 0) is 14.1 Å².